The number of nitrogens with zero attached hydrogens (tertiary/aromatic N) is 3. The number of nitrogens with one attached hydrogen (secondary N) is 1. The Morgan fingerprint density at radius 3 is 2.38 bits per heavy atom. The molecule has 0 radical (unpaired) electrons. The predicted octanol–water partition coefficient (Wildman–Crippen LogP) is 4.56. The van der Waals surface area contributed by atoms with Crippen molar-refractivity contribution < 1.29 is 0 Å². The van der Waals surface area contributed by atoms with Crippen molar-refractivity contribution in [3.63, 3.8) is 0 Å². The maximum Gasteiger partial charge on any atom is 0.0794 e. The molecule has 1 saturated heterocycles. The van der Waals surface area contributed by atoms with Gasteiger partial charge < -0.3 is 10.2 Å². The number of thiazole rings is 1. The van der Waals surface area contributed by atoms with Gasteiger partial charge in [0, 0.05) is 43.8 Å². The van der Waals surface area contributed by atoms with Crippen molar-refractivity contribution in [1.82, 2.24) is 20.1 Å². The molecule has 1 aliphatic rings. The van der Waals surface area contributed by atoms with Crippen LogP contribution < -0.4 is 5.32 Å². The van der Waals surface area contributed by atoms with Gasteiger partial charge in [-0.25, -0.2) is 0 Å². The molecule has 2 atom stereocenters. The largest absolute Gasteiger partial charge is 0.309 e. The maximum absolute atomic E-state index is 4.44. The number of rotatable bonds is 11. The van der Waals surface area contributed by atoms with E-state index in [4.69, 9.17) is 0 Å². The lowest BCUT2D eigenvalue weighted by Crippen LogP contribution is -2.55. The Morgan fingerprint density at radius 1 is 1.07 bits per heavy atom. The van der Waals surface area contributed by atoms with Crippen LogP contribution >= 0.6 is 11.3 Å². The molecule has 0 bridgehead atoms. The summed E-state index contributed by atoms with van der Waals surface area (Å²) in [7, 11) is 2.14. The molecule has 0 spiro atoms. The van der Waals surface area contributed by atoms with E-state index in [0.29, 0.717) is 5.92 Å². The molecule has 5 heteroatoms. The first kappa shape index (κ1) is 22.4. The quantitative estimate of drug-likeness (QED) is 0.584. The van der Waals surface area contributed by atoms with Crippen molar-refractivity contribution in [3.05, 3.63) is 52.5 Å². The lowest BCUT2D eigenvalue weighted by atomic mass is 9.80. The van der Waals surface area contributed by atoms with E-state index in [-0.39, 0.29) is 5.54 Å². The zero-order chi connectivity index (χ0) is 20.5. The van der Waals surface area contributed by atoms with Crippen LogP contribution in [-0.4, -0.2) is 61.1 Å². The van der Waals surface area contributed by atoms with E-state index in [9.17, 15) is 0 Å². The molecule has 1 aromatic heterocycles. The number of piperazine rings is 1. The lowest BCUT2D eigenvalue weighted by Gasteiger charge is -2.43. The molecule has 1 fully saturated rings. The topological polar surface area (TPSA) is 31.4 Å². The first-order valence-electron chi connectivity index (χ1n) is 11.3. The smallest absolute Gasteiger partial charge is 0.0794 e. The fourth-order valence-electron chi connectivity index (χ4n) is 4.75. The minimum atomic E-state index is -0.0518. The van der Waals surface area contributed by atoms with Gasteiger partial charge in [0.1, 0.15) is 0 Å². The van der Waals surface area contributed by atoms with Crippen LogP contribution in [0.15, 0.2) is 42.0 Å². The highest BCUT2D eigenvalue weighted by atomic mass is 32.1. The van der Waals surface area contributed by atoms with Crippen LogP contribution in [0.2, 0.25) is 0 Å². The number of likely N-dealkylation sites (N-methyl/N-ethyl adjacent to an activating group) is 1. The molecule has 2 unspecified atom stereocenters. The Hall–Kier alpha value is -1.27. The van der Waals surface area contributed by atoms with Crippen LogP contribution in [0.1, 0.15) is 55.9 Å². The zero-order valence-corrected chi connectivity index (χ0v) is 19.3. The molecule has 2 heterocycles. The summed E-state index contributed by atoms with van der Waals surface area (Å²) in [5.74, 6) is 0.553. The second kappa shape index (κ2) is 11.2. The number of benzene rings is 1. The Balaban J connectivity index is 1.80. The minimum absolute atomic E-state index is 0.0518. The third-order valence-electron chi connectivity index (χ3n) is 6.38. The molecular weight excluding hydrogens is 376 g/mol. The van der Waals surface area contributed by atoms with Crippen LogP contribution in [0.5, 0.6) is 0 Å². The summed E-state index contributed by atoms with van der Waals surface area (Å²) in [4.78, 5) is 11.1. The molecule has 29 heavy (non-hydrogen) atoms. The highest BCUT2D eigenvalue weighted by Crippen LogP contribution is 2.38. The SMILES string of the molecule is CCCC(CC(CN1CCN(CCC)CC1)(NC)c1cncs1)c1ccccc1. The monoisotopic (exact) mass is 414 g/mol. The van der Waals surface area contributed by atoms with Crippen LogP contribution in [0.3, 0.4) is 0 Å². The molecule has 3 rings (SSSR count). The highest BCUT2D eigenvalue weighted by Gasteiger charge is 2.37. The van der Waals surface area contributed by atoms with Crippen molar-refractivity contribution in [2.45, 2.75) is 51.0 Å². The van der Waals surface area contributed by atoms with Crippen molar-refractivity contribution in [2.75, 3.05) is 46.3 Å². The van der Waals surface area contributed by atoms with Gasteiger partial charge in [-0.1, -0.05) is 50.6 Å². The average molecular weight is 415 g/mol. The van der Waals surface area contributed by atoms with Crippen molar-refractivity contribution in [1.29, 1.82) is 0 Å². The van der Waals surface area contributed by atoms with Gasteiger partial charge in [0.2, 0.25) is 0 Å². The normalized spacial score (nSPS) is 19.1. The molecule has 0 aliphatic carbocycles. The van der Waals surface area contributed by atoms with E-state index >= 15 is 0 Å². The van der Waals surface area contributed by atoms with Gasteiger partial charge in [0.25, 0.3) is 0 Å². The van der Waals surface area contributed by atoms with Gasteiger partial charge in [0.05, 0.1) is 11.0 Å². The summed E-state index contributed by atoms with van der Waals surface area (Å²) in [5.41, 5.74) is 3.40. The number of hydrogen-bond acceptors (Lipinski definition) is 5. The summed E-state index contributed by atoms with van der Waals surface area (Å²) >= 11 is 1.80. The zero-order valence-electron chi connectivity index (χ0n) is 18.4. The van der Waals surface area contributed by atoms with Crippen LogP contribution in [0, 0.1) is 0 Å². The van der Waals surface area contributed by atoms with Gasteiger partial charge in [-0.15, -0.1) is 11.3 Å². The summed E-state index contributed by atoms with van der Waals surface area (Å²) in [6.07, 6.45) is 6.87. The van der Waals surface area contributed by atoms with E-state index in [2.05, 4.69) is 77.5 Å². The van der Waals surface area contributed by atoms with E-state index in [1.54, 1.807) is 11.3 Å². The van der Waals surface area contributed by atoms with E-state index in [1.165, 1.54) is 49.3 Å². The Kier molecular flexibility index (Phi) is 8.67. The minimum Gasteiger partial charge on any atom is -0.309 e. The standard InChI is InChI=1S/C24H38N4S/c1-4-9-22(21-10-7-6-8-11-21)17-24(25-3,23-18-26-20-29-23)19-28-15-13-27(12-5-2)14-16-28/h6-8,10-11,18,20,22,25H,4-5,9,12-17,19H2,1-3H3. The lowest BCUT2D eigenvalue weighted by molar-refractivity contribution is 0.0961. The summed E-state index contributed by atoms with van der Waals surface area (Å²) in [5, 5.41) is 3.78. The highest BCUT2D eigenvalue weighted by molar-refractivity contribution is 7.09. The molecule has 1 aromatic carbocycles. The van der Waals surface area contributed by atoms with Gasteiger partial charge >= 0.3 is 0 Å². The summed E-state index contributed by atoms with van der Waals surface area (Å²) in [6.45, 7) is 11.6. The van der Waals surface area contributed by atoms with Crippen molar-refractivity contribution in [3.8, 4) is 0 Å². The Labute approximate surface area is 181 Å². The fraction of sp³-hybridized carbons (Fsp3) is 0.625. The second-order valence-electron chi connectivity index (χ2n) is 8.42. The molecule has 2 aromatic rings. The molecule has 0 amide bonds. The molecule has 160 valence electrons. The van der Waals surface area contributed by atoms with Crippen LogP contribution in [0.4, 0.5) is 0 Å². The van der Waals surface area contributed by atoms with Crippen molar-refractivity contribution in [2.24, 2.45) is 0 Å². The van der Waals surface area contributed by atoms with E-state index in [0.717, 1.165) is 26.1 Å². The third kappa shape index (κ3) is 5.88. The number of hydrogen-bond donors (Lipinski definition) is 1. The molecule has 4 nitrogen and oxygen atoms in total. The fourth-order valence-corrected chi connectivity index (χ4v) is 5.58. The summed E-state index contributed by atoms with van der Waals surface area (Å²) < 4.78 is 0. The first-order valence-corrected chi connectivity index (χ1v) is 12.2. The molecule has 1 N–H and O–H groups in total. The molecular formula is C24H38N4S. The predicted molar refractivity (Wildman–Crippen MR) is 125 cm³/mol. The second-order valence-corrected chi connectivity index (χ2v) is 9.30. The maximum atomic E-state index is 4.44. The van der Waals surface area contributed by atoms with Crippen molar-refractivity contribution >= 4 is 11.3 Å². The van der Waals surface area contributed by atoms with Gasteiger partial charge in [-0.05, 0) is 44.3 Å². The van der Waals surface area contributed by atoms with E-state index < -0.39 is 0 Å². The van der Waals surface area contributed by atoms with Gasteiger partial charge in [-0.3, -0.25) is 9.88 Å². The number of aromatic nitrogens is 1. The molecule has 0 saturated carbocycles. The summed E-state index contributed by atoms with van der Waals surface area (Å²) in [6, 6.07) is 11.1. The molecule has 1 aliphatic heterocycles. The Morgan fingerprint density at radius 2 is 1.79 bits per heavy atom. The van der Waals surface area contributed by atoms with Gasteiger partial charge in [-0.2, -0.15) is 0 Å². The first-order chi connectivity index (χ1) is 14.2. The van der Waals surface area contributed by atoms with Gasteiger partial charge in [0.15, 0.2) is 0 Å². The van der Waals surface area contributed by atoms with E-state index in [1.807, 2.05) is 5.51 Å². The Bertz CT molecular complexity index is 682. The van der Waals surface area contributed by atoms with Crippen LogP contribution in [-0.2, 0) is 5.54 Å². The third-order valence-corrected chi connectivity index (χ3v) is 7.36. The average Bonchev–Trinajstić information content (AvgIpc) is 3.30. The van der Waals surface area contributed by atoms with Crippen LogP contribution in [0.25, 0.3) is 0 Å².